The minimum Gasteiger partial charge on any atom is -0.319 e. The summed E-state index contributed by atoms with van der Waals surface area (Å²) >= 11 is 0. The molecule has 1 aliphatic carbocycles. The summed E-state index contributed by atoms with van der Waals surface area (Å²) in [6.45, 7) is 3.50. The molecule has 1 aromatic rings. The van der Waals surface area contributed by atoms with Crippen molar-refractivity contribution in [1.29, 1.82) is 0 Å². The summed E-state index contributed by atoms with van der Waals surface area (Å²) in [5, 5.41) is 3.26. The van der Waals surface area contributed by atoms with E-state index in [-0.39, 0.29) is 0 Å². The number of benzene rings is 1. The molecule has 1 aliphatic rings. The van der Waals surface area contributed by atoms with Gasteiger partial charge in [-0.05, 0) is 36.9 Å². The first-order valence-electron chi connectivity index (χ1n) is 5.04. The summed E-state index contributed by atoms with van der Waals surface area (Å²) in [6, 6.07) is 10.9. The Morgan fingerprint density at radius 2 is 1.92 bits per heavy atom. The highest BCUT2D eigenvalue weighted by Gasteiger charge is 2.46. The predicted octanol–water partition coefficient (Wildman–Crippen LogP) is 2.26. The van der Waals surface area contributed by atoms with E-state index in [1.807, 2.05) is 7.05 Å². The molecule has 1 aromatic carbocycles. The van der Waals surface area contributed by atoms with Gasteiger partial charge in [-0.1, -0.05) is 37.3 Å². The van der Waals surface area contributed by atoms with Gasteiger partial charge in [-0.2, -0.15) is 0 Å². The van der Waals surface area contributed by atoms with E-state index in [9.17, 15) is 0 Å². The molecule has 0 bridgehead atoms. The fourth-order valence-electron chi connectivity index (χ4n) is 2.32. The van der Waals surface area contributed by atoms with Crippen LogP contribution in [-0.4, -0.2) is 13.6 Å². The quantitative estimate of drug-likeness (QED) is 0.743. The fraction of sp³-hybridized carbons (Fsp3) is 0.500. The molecule has 1 heteroatoms. The predicted molar refractivity (Wildman–Crippen MR) is 55.8 cm³/mol. The molecule has 1 fully saturated rings. The molecular formula is C12H17N. The number of hydrogen-bond donors (Lipinski definition) is 1. The zero-order valence-electron chi connectivity index (χ0n) is 8.33. The van der Waals surface area contributed by atoms with E-state index in [0.717, 1.165) is 24.3 Å². The maximum absolute atomic E-state index is 3.26. The van der Waals surface area contributed by atoms with E-state index < -0.39 is 0 Å². The zero-order valence-corrected chi connectivity index (χ0v) is 8.33. The van der Waals surface area contributed by atoms with Crippen LogP contribution in [0.4, 0.5) is 0 Å². The van der Waals surface area contributed by atoms with Gasteiger partial charge in [0.2, 0.25) is 0 Å². The molecule has 3 unspecified atom stereocenters. The molecule has 0 saturated heterocycles. The molecule has 2 rings (SSSR count). The maximum atomic E-state index is 3.26. The van der Waals surface area contributed by atoms with Crippen molar-refractivity contribution < 1.29 is 0 Å². The largest absolute Gasteiger partial charge is 0.319 e. The molecule has 0 aromatic heterocycles. The highest BCUT2D eigenvalue weighted by molar-refractivity contribution is 5.27. The molecule has 0 spiro atoms. The minimum atomic E-state index is 0.800. The van der Waals surface area contributed by atoms with E-state index in [2.05, 4.69) is 42.6 Å². The molecule has 3 atom stereocenters. The Morgan fingerprint density at radius 1 is 1.23 bits per heavy atom. The van der Waals surface area contributed by atoms with Crippen molar-refractivity contribution in [2.24, 2.45) is 11.8 Å². The Bertz CT molecular complexity index is 268. The summed E-state index contributed by atoms with van der Waals surface area (Å²) in [5.41, 5.74) is 1.51. The highest BCUT2D eigenvalue weighted by Crippen LogP contribution is 2.52. The van der Waals surface area contributed by atoms with Crippen LogP contribution in [-0.2, 0) is 0 Å². The van der Waals surface area contributed by atoms with Crippen LogP contribution in [0.25, 0.3) is 0 Å². The monoisotopic (exact) mass is 175 g/mol. The third kappa shape index (κ3) is 1.61. The Balaban J connectivity index is 2.05. The topological polar surface area (TPSA) is 12.0 Å². The van der Waals surface area contributed by atoms with E-state index in [1.165, 1.54) is 5.56 Å². The average Bonchev–Trinajstić information content (AvgIpc) is 2.79. The van der Waals surface area contributed by atoms with Gasteiger partial charge in [0.25, 0.3) is 0 Å². The standard InChI is InChI=1S/C12H17N/c1-9-11(8-13-2)12(9)10-6-4-3-5-7-10/h3-7,9,11-13H,8H2,1-2H3. The summed E-state index contributed by atoms with van der Waals surface area (Å²) in [6.07, 6.45) is 0. The van der Waals surface area contributed by atoms with Gasteiger partial charge in [0.05, 0.1) is 0 Å². The molecule has 0 heterocycles. The second-order valence-corrected chi connectivity index (χ2v) is 4.02. The number of nitrogens with one attached hydrogen (secondary N) is 1. The molecular weight excluding hydrogens is 158 g/mol. The van der Waals surface area contributed by atoms with Crippen LogP contribution in [0.5, 0.6) is 0 Å². The lowest BCUT2D eigenvalue weighted by molar-refractivity contribution is 0.667. The third-order valence-electron chi connectivity index (χ3n) is 3.19. The van der Waals surface area contributed by atoms with Gasteiger partial charge in [-0.3, -0.25) is 0 Å². The Morgan fingerprint density at radius 3 is 2.54 bits per heavy atom. The van der Waals surface area contributed by atoms with Crippen molar-refractivity contribution >= 4 is 0 Å². The smallest absolute Gasteiger partial charge is 0.00148 e. The molecule has 13 heavy (non-hydrogen) atoms. The molecule has 1 saturated carbocycles. The summed E-state index contributed by atoms with van der Waals surface area (Å²) in [7, 11) is 2.03. The third-order valence-corrected chi connectivity index (χ3v) is 3.19. The van der Waals surface area contributed by atoms with Gasteiger partial charge in [0, 0.05) is 0 Å². The van der Waals surface area contributed by atoms with Gasteiger partial charge >= 0.3 is 0 Å². The Kier molecular flexibility index (Phi) is 2.36. The Hall–Kier alpha value is -0.820. The van der Waals surface area contributed by atoms with Crippen LogP contribution in [0.3, 0.4) is 0 Å². The second-order valence-electron chi connectivity index (χ2n) is 4.02. The molecule has 1 nitrogen and oxygen atoms in total. The van der Waals surface area contributed by atoms with Gasteiger partial charge in [0.1, 0.15) is 0 Å². The summed E-state index contributed by atoms with van der Waals surface area (Å²) in [5.74, 6) is 2.51. The van der Waals surface area contributed by atoms with Gasteiger partial charge < -0.3 is 5.32 Å². The fourth-order valence-corrected chi connectivity index (χ4v) is 2.32. The Labute approximate surface area is 80.2 Å². The SMILES string of the molecule is CNCC1C(C)C1c1ccccc1. The number of rotatable bonds is 3. The van der Waals surface area contributed by atoms with Gasteiger partial charge in [-0.25, -0.2) is 0 Å². The van der Waals surface area contributed by atoms with Crippen LogP contribution >= 0.6 is 0 Å². The van der Waals surface area contributed by atoms with E-state index in [1.54, 1.807) is 0 Å². The first kappa shape index (κ1) is 8.76. The van der Waals surface area contributed by atoms with Crippen molar-refractivity contribution in [3.8, 4) is 0 Å². The first-order valence-corrected chi connectivity index (χ1v) is 5.04. The van der Waals surface area contributed by atoms with Crippen molar-refractivity contribution in [1.82, 2.24) is 5.32 Å². The molecule has 0 radical (unpaired) electrons. The average molecular weight is 175 g/mol. The minimum absolute atomic E-state index is 0.800. The van der Waals surface area contributed by atoms with Crippen LogP contribution in [0.15, 0.2) is 30.3 Å². The van der Waals surface area contributed by atoms with Gasteiger partial charge in [0.15, 0.2) is 0 Å². The van der Waals surface area contributed by atoms with Crippen molar-refractivity contribution in [2.75, 3.05) is 13.6 Å². The van der Waals surface area contributed by atoms with Crippen molar-refractivity contribution in [3.05, 3.63) is 35.9 Å². The lowest BCUT2D eigenvalue weighted by Gasteiger charge is -1.98. The zero-order chi connectivity index (χ0) is 9.26. The van der Waals surface area contributed by atoms with E-state index >= 15 is 0 Å². The molecule has 70 valence electrons. The molecule has 1 N–H and O–H groups in total. The van der Waals surface area contributed by atoms with Crippen molar-refractivity contribution in [3.63, 3.8) is 0 Å². The first-order chi connectivity index (χ1) is 6.34. The van der Waals surface area contributed by atoms with Crippen LogP contribution < -0.4 is 5.32 Å². The lowest BCUT2D eigenvalue weighted by atomic mass is 10.1. The summed E-state index contributed by atoms with van der Waals surface area (Å²) < 4.78 is 0. The van der Waals surface area contributed by atoms with Crippen LogP contribution in [0, 0.1) is 11.8 Å². The highest BCUT2D eigenvalue weighted by atomic mass is 14.8. The van der Waals surface area contributed by atoms with Crippen LogP contribution in [0.1, 0.15) is 18.4 Å². The number of hydrogen-bond acceptors (Lipinski definition) is 1. The van der Waals surface area contributed by atoms with Crippen LogP contribution in [0.2, 0.25) is 0 Å². The van der Waals surface area contributed by atoms with E-state index in [4.69, 9.17) is 0 Å². The van der Waals surface area contributed by atoms with E-state index in [0.29, 0.717) is 0 Å². The molecule has 0 aliphatic heterocycles. The van der Waals surface area contributed by atoms with Crippen molar-refractivity contribution in [2.45, 2.75) is 12.8 Å². The second kappa shape index (κ2) is 3.51. The summed E-state index contributed by atoms with van der Waals surface area (Å²) in [4.78, 5) is 0. The lowest BCUT2D eigenvalue weighted by Crippen LogP contribution is -2.10. The normalized spacial score (nSPS) is 31.7. The molecule has 0 amide bonds. The maximum Gasteiger partial charge on any atom is -0.00148 e. The van der Waals surface area contributed by atoms with Gasteiger partial charge in [-0.15, -0.1) is 0 Å².